The highest BCUT2D eigenvalue weighted by atomic mass is 16.5. The highest BCUT2D eigenvalue weighted by Crippen LogP contribution is 2.18. The van der Waals surface area contributed by atoms with Crippen molar-refractivity contribution in [3.63, 3.8) is 0 Å². The Hall–Kier alpha value is -6.04. The van der Waals surface area contributed by atoms with Gasteiger partial charge in [0.05, 0.1) is 24.5 Å². The van der Waals surface area contributed by atoms with E-state index in [-0.39, 0.29) is 49.5 Å². The number of nitrogens with two attached hydrogens (primary N) is 2. The quantitative estimate of drug-likeness (QED) is 0.0450. The number of carbonyl (C=O) groups excluding carboxylic acids is 5. The normalized spacial score (nSPS) is 24.0. The summed E-state index contributed by atoms with van der Waals surface area (Å²) in [6.45, 7) is 6.81. The molecule has 18 nitrogen and oxygen atoms in total. The van der Waals surface area contributed by atoms with Crippen LogP contribution in [-0.4, -0.2) is 114 Å². The van der Waals surface area contributed by atoms with E-state index in [9.17, 15) is 43.8 Å². The molecule has 1 aromatic carbocycles. The van der Waals surface area contributed by atoms with Crippen molar-refractivity contribution in [3.8, 4) is 0 Å². The predicted octanol–water partition coefficient (Wildman–Crippen LogP) is 0.727. The highest BCUT2D eigenvalue weighted by molar-refractivity contribution is 6.00. The van der Waals surface area contributed by atoms with Gasteiger partial charge in [0.1, 0.15) is 23.8 Å². The van der Waals surface area contributed by atoms with E-state index < -0.39 is 84.4 Å². The van der Waals surface area contributed by atoms with Crippen molar-refractivity contribution < 1.29 is 48.5 Å². The minimum absolute atomic E-state index is 0.0254. The van der Waals surface area contributed by atoms with E-state index in [1.807, 2.05) is 50.3 Å². The van der Waals surface area contributed by atoms with Crippen LogP contribution in [0.4, 0.5) is 0 Å². The Balaban J connectivity index is 2.59. The Morgan fingerprint density at radius 1 is 1.00 bits per heavy atom. The Morgan fingerprint density at radius 2 is 1.66 bits per heavy atom. The molecule has 0 bridgehead atoms. The molecule has 7 unspecified atom stereocenters. The predicted molar refractivity (Wildman–Crippen MR) is 215 cm³/mol. The first-order chi connectivity index (χ1) is 27.4. The average Bonchev–Trinajstić information content (AvgIpc) is 3.17. The molecule has 58 heavy (non-hydrogen) atoms. The second-order valence-corrected chi connectivity index (χ2v) is 14.1. The second-order valence-electron chi connectivity index (χ2n) is 14.1. The third kappa shape index (κ3) is 15.8. The molecule has 1 aromatic rings. The lowest BCUT2D eigenvalue weighted by molar-refractivity contribution is -0.143. The highest BCUT2D eigenvalue weighted by Gasteiger charge is 2.33. The van der Waals surface area contributed by atoms with Gasteiger partial charge in [-0.25, -0.2) is 9.59 Å². The summed E-state index contributed by atoms with van der Waals surface area (Å²) in [5, 5.41) is 29.9. The molecule has 5 amide bonds. The third-order valence-corrected chi connectivity index (χ3v) is 9.62. The van der Waals surface area contributed by atoms with Crippen LogP contribution in [0.2, 0.25) is 0 Å². The monoisotopic (exact) mass is 810 g/mol. The Labute approximate surface area is 338 Å². The lowest BCUT2D eigenvalue weighted by Gasteiger charge is -2.27. The van der Waals surface area contributed by atoms with E-state index in [4.69, 9.17) is 16.2 Å². The minimum Gasteiger partial charge on any atom is -0.480 e. The van der Waals surface area contributed by atoms with Crippen LogP contribution in [0.5, 0.6) is 0 Å². The summed E-state index contributed by atoms with van der Waals surface area (Å²) in [6, 6.07) is 4.18. The first kappa shape index (κ1) is 48.1. The van der Waals surface area contributed by atoms with Gasteiger partial charge in [-0.1, -0.05) is 74.1 Å². The summed E-state index contributed by atoms with van der Waals surface area (Å²) in [5.74, 6) is -8.45. The van der Waals surface area contributed by atoms with E-state index in [2.05, 4.69) is 26.3 Å². The van der Waals surface area contributed by atoms with Crippen molar-refractivity contribution in [1.29, 1.82) is 0 Å². The lowest BCUT2D eigenvalue weighted by Crippen LogP contribution is -2.54. The molecule has 1 aliphatic heterocycles. The van der Waals surface area contributed by atoms with Crippen LogP contribution < -0.4 is 32.7 Å². The number of amides is 5. The largest absolute Gasteiger partial charge is 0.480 e. The standard InChI is InChI=1S/C40H58N8O10/c1-7-31-37(53)47-30(39(56)57)22-33(49)44-28(14-11-19-43-40(41)42)36(52)45-27(25(4)35(51)46-29(38(54)55)17-18-34(50)48(31)5)16-15-23(2)20-24(3)32(58-6)21-26-12-9-8-10-13-26/h7-10,12-13,15-16,20,24-25,27-30,32H,11,14,17-19,21-22H2,1-6H3,(H,44,49)(H,45,52)(H,46,51)(H,47,53)(H,54,55)(H,56,57)(H4,41,42,43). The van der Waals surface area contributed by atoms with Gasteiger partial charge in [0, 0.05) is 33.0 Å². The van der Waals surface area contributed by atoms with Crippen LogP contribution in [-0.2, 0) is 44.7 Å². The molecule has 0 aromatic heterocycles. The number of nitrogens with zero attached hydrogens (tertiary/aromatic N) is 2. The van der Waals surface area contributed by atoms with E-state index in [1.165, 1.54) is 27.0 Å². The molecular formula is C40H58N8O10. The number of carboxylic acids is 2. The van der Waals surface area contributed by atoms with Gasteiger partial charge < -0.3 is 52.6 Å². The van der Waals surface area contributed by atoms with Crippen molar-refractivity contribution in [2.75, 3.05) is 20.7 Å². The molecule has 0 radical (unpaired) electrons. The van der Waals surface area contributed by atoms with Crippen molar-refractivity contribution in [2.24, 2.45) is 28.3 Å². The van der Waals surface area contributed by atoms with Crippen LogP contribution in [0.15, 0.2) is 70.9 Å². The molecule has 1 fully saturated rings. The molecule has 10 N–H and O–H groups in total. The Bertz CT molecular complexity index is 1740. The number of nitrogens with one attached hydrogen (secondary N) is 4. The number of aliphatic carboxylic acids is 2. The van der Waals surface area contributed by atoms with Crippen molar-refractivity contribution in [2.45, 2.75) is 96.5 Å². The fraction of sp³-hybridized carbons (Fsp3) is 0.500. The summed E-state index contributed by atoms with van der Waals surface area (Å²) in [7, 11) is 2.88. The maximum atomic E-state index is 14.0. The van der Waals surface area contributed by atoms with Gasteiger partial charge in [-0.05, 0) is 45.1 Å². The molecule has 7 atom stereocenters. The molecule has 1 heterocycles. The zero-order chi connectivity index (χ0) is 43.5. The first-order valence-corrected chi connectivity index (χ1v) is 19.0. The second kappa shape index (κ2) is 23.9. The molecular weight excluding hydrogens is 752 g/mol. The molecule has 1 saturated heterocycles. The van der Waals surface area contributed by atoms with Crippen LogP contribution in [0.3, 0.4) is 0 Å². The van der Waals surface area contributed by atoms with Gasteiger partial charge in [-0.2, -0.15) is 0 Å². The smallest absolute Gasteiger partial charge is 0.326 e. The van der Waals surface area contributed by atoms with Gasteiger partial charge in [0.25, 0.3) is 5.91 Å². The van der Waals surface area contributed by atoms with E-state index in [0.717, 1.165) is 16.0 Å². The number of hydrogen-bond acceptors (Lipinski definition) is 9. The van der Waals surface area contributed by atoms with E-state index in [0.29, 0.717) is 6.42 Å². The minimum atomic E-state index is -1.77. The molecule has 18 heteroatoms. The van der Waals surface area contributed by atoms with Crippen molar-refractivity contribution >= 4 is 47.4 Å². The number of hydrogen-bond donors (Lipinski definition) is 8. The van der Waals surface area contributed by atoms with Crippen LogP contribution in [0.25, 0.3) is 0 Å². The number of allylic oxidation sites excluding steroid dienone is 3. The zero-order valence-corrected chi connectivity index (χ0v) is 33.9. The van der Waals surface area contributed by atoms with Crippen LogP contribution in [0.1, 0.15) is 65.4 Å². The van der Waals surface area contributed by atoms with E-state index >= 15 is 0 Å². The summed E-state index contributed by atoms with van der Waals surface area (Å²) in [4.78, 5) is 96.5. The third-order valence-electron chi connectivity index (χ3n) is 9.62. The molecule has 318 valence electrons. The zero-order valence-electron chi connectivity index (χ0n) is 33.9. The summed E-state index contributed by atoms with van der Waals surface area (Å²) in [6.07, 6.45) is 5.57. The molecule has 1 aliphatic rings. The lowest BCUT2D eigenvalue weighted by atomic mass is 9.94. The number of guanidine groups is 1. The number of aliphatic imine (C=N–C) groups is 1. The van der Waals surface area contributed by atoms with Crippen LogP contribution >= 0.6 is 0 Å². The number of rotatable bonds is 13. The van der Waals surface area contributed by atoms with Gasteiger partial charge >= 0.3 is 11.9 Å². The number of carboxylic acid groups (broad SMARTS) is 2. The van der Waals surface area contributed by atoms with Crippen molar-refractivity contribution in [3.05, 3.63) is 71.5 Å². The maximum Gasteiger partial charge on any atom is 0.326 e. The summed E-state index contributed by atoms with van der Waals surface area (Å²) in [5.41, 5.74) is 12.5. The molecule has 0 saturated carbocycles. The summed E-state index contributed by atoms with van der Waals surface area (Å²) < 4.78 is 5.78. The van der Waals surface area contributed by atoms with Gasteiger partial charge in [0.2, 0.25) is 23.6 Å². The summed E-state index contributed by atoms with van der Waals surface area (Å²) >= 11 is 0. The SMILES string of the molecule is CC=C1C(=O)NC(C(=O)O)CC(=O)NC(CCCN=C(N)N)C(=O)NC(C=CC(C)=CC(C)C(Cc2ccccc2)OC)C(C)C(=O)NC(C(=O)O)CCC(=O)N1C. The Morgan fingerprint density at radius 3 is 2.24 bits per heavy atom. The number of benzene rings is 1. The number of carbonyl (C=O) groups is 7. The number of likely N-dealkylation sites (N-methyl/N-ethyl adjacent to an activating group) is 1. The fourth-order valence-electron chi connectivity index (χ4n) is 6.18. The van der Waals surface area contributed by atoms with Gasteiger partial charge in [-0.3, -0.25) is 29.0 Å². The average molecular weight is 811 g/mol. The van der Waals surface area contributed by atoms with E-state index in [1.54, 1.807) is 19.3 Å². The molecule has 0 spiro atoms. The topological polar surface area (TPSA) is 285 Å². The maximum absolute atomic E-state index is 14.0. The van der Waals surface area contributed by atoms with Crippen LogP contribution in [0, 0.1) is 11.8 Å². The molecule has 0 aliphatic carbocycles. The number of methoxy groups -OCH3 is 1. The van der Waals surface area contributed by atoms with Gasteiger partial charge in [-0.15, -0.1) is 0 Å². The van der Waals surface area contributed by atoms with Crippen molar-refractivity contribution in [1.82, 2.24) is 26.2 Å². The number of ether oxygens (including phenoxy) is 1. The Kier molecular flexibility index (Phi) is 19.8. The van der Waals surface area contributed by atoms with Gasteiger partial charge in [0.15, 0.2) is 5.96 Å². The fourth-order valence-corrected chi connectivity index (χ4v) is 6.18. The first-order valence-electron chi connectivity index (χ1n) is 19.0. The molecule has 2 rings (SSSR count).